The number of ether oxygens (including phenoxy) is 2. The highest BCUT2D eigenvalue weighted by Crippen LogP contribution is 2.37. The molecule has 0 aromatic carbocycles. The molecule has 37 nitrogen and oxygen atoms in total. The number of Topliss-reactive ketones (excluding diaryl/α,β-unsaturated/α-hetero) is 2. The second kappa shape index (κ2) is 55.5. The standard InChI is InChI=1S/C69H114N16O21S3/c1-6-55(90)73-26-14-11-19-47(80-57(92)8-3)66(101)82-50(63(70)98)40-109-54-37-62(97)85(69(54)104)30-22-58(93)77-38-43(4)78-65(100)46(17-10-13-27-74-59(94)24-35-107)76-39-49(79-44(5)87)52(89)20-15-16-45(88)21-29-84-61(96)36-53(68(84)103)108-41-51(64(71)99)83-67(102)48(18-9-12-25-72-42-86)81-60(95)23-31-105-33-34-106-32-28-75-56(91)7-2/h36-37,42-43,46-51,76,96-97,103-104,107H,6-35,38-41H2,1-5H3,(H2,70,98)(H2,71,99)(H,72,86)(H,73,90)(H,74,94)(H,75,91)(H,77,93)(H,78,100)(H,79,87)(H,80,92)(H,81,95)(H,82,101)(H,83,102). The monoisotopic (exact) mass is 1600 g/mol. The lowest BCUT2D eigenvalue weighted by Gasteiger charge is -2.24. The van der Waals surface area contributed by atoms with Crippen molar-refractivity contribution in [1.82, 2.24) is 72.9 Å². The average molecular weight is 1600 g/mol. The summed E-state index contributed by atoms with van der Waals surface area (Å²) in [6, 6.07) is -5.19. The van der Waals surface area contributed by atoms with Gasteiger partial charge in [-0.2, -0.15) is 12.6 Å². The molecule has 2 aromatic heterocycles. The molecule has 0 saturated carbocycles. The van der Waals surface area contributed by atoms with E-state index in [9.17, 15) is 92.3 Å². The largest absolute Gasteiger partial charge is 0.494 e. The molecule has 2 rings (SSSR count). The summed E-state index contributed by atoms with van der Waals surface area (Å²) in [5.41, 5.74) is 11.3. The lowest BCUT2D eigenvalue weighted by atomic mass is 10.0. The Morgan fingerprint density at radius 1 is 0.486 bits per heavy atom. The lowest BCUT2D eigenvalue weighted by Crippen LogP contribution is -2.54. The van der Waals surface area contributed by atoms with Gasteiger partial charge in [-0.3, -0.25) is 81.1 Å². The lowest BCUT2D eigenvalue weighted by molar-refractivity contribution is -0.131. The highest BCUT2D eigenvalue weighted by molar-refractivity contribution is 7.99. The van der Waals surface area contributed by atoms with Crippen LogP contribution in [-0.2, 0) is 94.5 Å². The maximum atomic E-state index is 13.9. The van der Waals surface area contributed by atoms with E-state index in [1.54, 1.807) is 27.7 Å². The number of nitrogens with one attached hydrogen (secondary N) is 12. The fraction of sp³-hybridized carbons (Fsp3) is 0.667. The highest BCUT2D eigenvalue weighted by Gasteiger charge is 2.31. The molecular formula is C69H114N16O21S3. The normalized spacial score (nSPS) is 13.0. The van der Waals surface area contributed by atoms with E-state index in [-0.39, 0.29) is 168 Å². The van der Waals surface area contributed by atoms with Crippen molar-refractivity contribution >= 4 is 125 Å². The number of aromatic hydroxyl groups is 4. The SMILES string of the molecule is CCC(=O)NCCCCC(NC(=O)CC)C(=O)NC(CSc1cc(O)n(CCC(=O)NCC(C)NC(=O)C(CCCCNC(=O)CCS)NCC(NC(C)=O)C(=O)CCCC(=O)CCn2c(O)cc(SCC(NC(=O)C(CCCCNC=O)NC(=O)CCOCCOCCNC(=O)CC)C(N)=O)c2O)c1O)C(N)=O. The van der Waals surface area contributed by atoms with Crippen LogP contribution < -0.4 is 75.3 Å². The molecule has 2 aromatic rings. The van der Waals surface area contributed by atoms with Gasteiger partial charge in [-0.25, -0.2) is 0 Å². The topological polar surface area (TPSA) is 562 Å². The van der Waals surface area contributed by atoms with Gasteiger partial charge in [0.1, 0.15) is 30.0 Å². The van der Waals surface area contributed by atoms with Gasteiger partial charge in [-0.1, -0.05) is 20.8 Å². The van der Waals surface area contributed by atoms with Crippen LogP contribution in [0.2, 0.25) is 0 Å². The number of carbonyl (C=O) groups excluding carboxylic acids is 15. The van der Waals surface area contributed by atoms with Crippen molar-refractivity contribution in [3.63, 3.8) is 0 Å². The number of amides is 13. The van der Waals surface area contributed by atoms with Crippen LogP contribution in [0.15, 0.2) is 21.9 Å². The molecular weight excluding hydrogens is 1490 g/mol. The number of hydrogen-bond donors (Lipinski definition) is 19. The number of primary amides is 2. The van der Waals surface area contributed by atoms with Crippen LogP contribution in [0.5, 0.6) is 23.5 Å². The van der Waals surface area contributed by atoms with Gasteiger partial charge in [0.2, 0.25) is 89.1 Å². The molecule has 0 spiro atoms. The van der Waals surface area contributed by atoms with Gasteiger partial charge in [0, 0.05) is 147 Å². The molecule has 0 aliphatic heterocycles. The Bertz CT molecular complexity index is 3270. The van der Waals surface area contributed by atoms with Crippen molar-refractivity contribution in [3.8, 4) is 23.5 Å². The predicted octanol–water partition coefficient (Wildman–Crippen LogP) is -1.34. The smallest absolute Gasteiger partial charge is 0.243 e. The van der Waals surface area contributed by atoms with Crippen LogP contribution >= 0.6 is 36.2 Å². The van der Waals surface area contributed by atoms with Crippen molar-refractivity contribution < 1.29 is 102 Å². The number of rotatable bonds is 63. The molecule has 109 heavy (non-hydrogen) atoms. The van der Waals surface area contributed by atoms with Gasteiger partial charge in [0.15, 0.2) is 17.5 Å². The number of nitrogens with zero attached hydrogens (tertiary/aromatic N) is 2. The van der Waals surface area contributed by atoms with Crippen molar-refractivity contribution in [3.05, 3.63) is 12.1 Å². The Kier molecular flexibility index (Phi) is 49.0. The maximum Gasteiger partial charge on any atom is 0.243 e. The molecule has 0 aliphatic carbocycles. The first-order valence-electron chi connectivity index (χ1n) is 36.6. The van der Waals surface area contributed by atoms with Gasteiger partial charge in [-0.05, 0) is 76.9 Å². The number of carbonyl (C=O) groups is 15. The van der Waals surface area contributed by atoms with E-state index in [4.69, 9.17) is 20.9 Å². The number of hydrogen-bond acceptors (Lipinski definition) is 25. The van der Waals surface area contributed by atoms with E-state index < -0.39 is 125 Å². The Morgan fingerprint density at radius 2 is 0.963 bits per heavy atom. The van der Waals surface area contributed by atoms with E-state index in [1.165, 1.54) is 19.1 Å². The first-order chi connectivity index (χ1) is 52.0. The Labute approximate surface area is 648 Å². The zero-order valence-electron chi connectivity index (χ0n) is 62.9. The Hall–Kier alpha value is -8.86. The van der Waals surface area contributed by atoms with E-state index in [1.807, 2.05) is 0 Å². The maximum absolute atomic E-state index is 13.9. The van der Waals surface area contributed by atoms with E-state index in [0.717, 1.165) is 32.7 Å². The molecule has 20 N–H and O–H groups in total. The minimum Gasteiger partial charge on any atom is -0.494 e. The van der Waals surface area contributed by atoms with Crippen LogP contribution in [0.3, 0.4) is 0 Å². The van der Waals surface area contributed by atoms with Gasteiger partial charge < -0.3 is 105 Å². The number of ketones is 2. The third-order valence-corrected chi connectivity index (χ3v) is 19.0. The summed E-state index contributed by atoms with van der Waals surface area (Å²) in [4.78, 5) is 190. The fourth-order valence-electron chi connectivity index (χ4n) is 10.3. The number of nitrogens with two attached hydrogens (primary N) is 2. The van der Waals surface area contributed by atoms with Crippen LogP contribution in [0.4, 0.5) is 0 Å². The first kappa shape index (κ1) is 96.2. The molecule has 13 amide bonds. The molecule has 614 valence electrons. The third kappa shape index (κ3) is 41.0. The molecule has 0 radical (unpaired) electrons. The van der Waals surface area contributed by atoms with E-state index in [0.29, 0.717) is 89.7 Å². The minimum absolute atomic E-state index is 0.00422. The summed E-state index contributed by atoms with van der Waals surface area (Å²) in [6.07, 6.45) is 3.83. The zero-order valence-corrected chi connectivity index (χ0v) is 65.4. The fourth-order valence-corrected chi connectivity index (χ4v) is 12.5. The van der Waals surface area contributed by atoms with Crippen molar-refractivity contribution in [2.24, 2.45) is 11.5 Å². The summed E-state index contributed by atoms with van der Waals surface area (Å²) >= 11 is 5.82. The average Bonchev–Trinajstić information content (AvgIpc) is 1.70. The minimum atomic E-state index is -1.34. The Balaban J connectivity index is 2.04. The molecule has 7 atom stereocenters. The summed E-state index contributed by atoms with van der Waals surface area (Å²) < 4.78 is 12.9. The van der Waals surface area contributed by atoms with Gasteiger partial charge in [0.25, 0.3) is 0 Å². The van der Waals surface area contributed by atoms with Crippen LogP contribution in [-0.4, -0.2) is 244 Å². The van der Waals surface area contributed by atoms with Crippen LogP contribution in [0, 0.1) is 0 Å². The van der Waals surface area contributed by atoms with E-state index >= 15 is 0 Å². The summed E-state index contributed by atoms with van der Waals surface area (Å²) in [7, 11) is 0. The quantitative estimate of drug-likeness (QED) is 0.0158. The number of thiol groups is 1. The second-order valence-electron chi connectivity index (χ2n) is 25.4. The van der Waals surface area contributed by atoms with Gasteiger partial charge in [0.05, 0.1) is 48.3 Å². The summed E-state index contributed by atoms with van der Waals surface area (Å²) in [6.45, 7) is 9.10. The van der Waals surface area contributed by atoms with Gasteiger partial charge in [-0.15, -0.1) is 23.5 Å². The molecule has 2 heterocycles. The van der Waals surface area contributed by atoms with Crippen LogP contribution in [0.1, 0.15) is 157 Å². The molecule has 0 fully saturated rings. The zero-order chi connectivity index (χ0) is 81.2. The van der Waals surface area contributed by atoms with Crippen LogP contribution in [0.25, 0.3) is 0 Å². The second-order valence-corrected chi connectivity index (χ2v) is 27.9. The van der Waals surface area contributed by atoms with Gasteiger partial charge >= 0.3 is 0 Å². The molecule has 0 aliphatic rings. The molecule has 7 unspecified atom stereocenters. The predicted molar refractivity (Wildman–Crippen MR) is 406 cm³/mol. The first-order valence-corrected chi connectivity index (χ1v) is 39.2. The number of unbranched alkanes of at least 4 members (excludes halogenated alkanes) is 3. The van der Waals surface area contributed by atoms with E-state index in [2.05, 4.69) is 76.4 Å². The number of thioether (sulfide) groups is 2. The molecule has 0 bridgehead atoms. The Morgan fingerprint density at radius 3 is 1.48 bits per heavy atom. The van der Waals surface area contributed by atoms with Crippen molar-refractivity contribution in [2.45, 2.75) is 222 Å². The summed E-state index contributed by atoms with van der Waals surface area (Å²) in [5.74, 6) is -8.98. The third-order valence-electron chi connectivity index (χ3n) is 16.5. The molecule has 40 heteroatoms. The molecule has 0 saturated heterocycles. The van der Waals surface area contributed by atoms with Crippen molar-refractivity contribution in [1.29, 1.82) is 0 Å². The van der Waals surface area contributed by atoms with Crippen molar-refractivity contribution in [2.75, 3.05) is 83.0 Å². The highest BCUT2D eigenvalue weighted by atomic mass is 32.2. The summed E-state index contributed by atoms with van der Waals surface area (Å²) in [5, 5.41) is 76.0. The number of aromatic nitrogens is 2.